The smallest absolute Gasteiger partial charge is 0.302 e. The van der Waals surface area contributed by atoms with Crippen LogP contribution in [0.1, 0.15) is 5.56 Å². The van der Waals surface area contributed by atoms with E-state index >= 15 is 0 Å². The zero-order chi connectivity index (χ0) is 18.0. The summed E-state index contributed by atoms with van der Waals surface area (Å²) in [5, 5.41) is 18.5. The second-order valence-corrected chi connectivity index (χ2v) is 6.51. The molecule has 3 rings (SSSR count). The van der Waals surface area contributed by atoms with Crippen LogP contribution in [0.2, 0.25) is 0 Å². The molecule has 6 nitrogen and oxygen atoms in total. The molecule has 0 unspecified atom stereocenters. The first-order valence-corrected chi connectivity index (χ1v) is 8.36. The van der Waals surface area contributed by atoms with Gasteiger partial charge in [-0.3, -0.25) is 4.79 Å². The molecule has 0 bridgehead atoms. The van der Waals surface area contributed by atoms with Crippen molar-refractivity contribution in [2.24, 2.45) is 17.3 Å². The maximum absolute atomic E-state index is 11.9. The van der Waals surface area contributed by atoms with Gasteiger partial charge in [0.15, 0.2) is 12.3 Å². The summed E-state index contributed by atoms with van der Waals surface area (Å²) in [6.07, 6.45) is 0. The van der Waals surface area contributed by atoms with E-state index in [-0.39, 0.29) is 18.2 Å². The van der Waals surface area contributed by atoms with Crippen LogP contribution in [0.5, 0.6) is 11.6 Å². The van der Waals surface area contributed by atoms with Crippen molar-refractivity contribution in [2.75, 3.05) is 6.61 Å². The second-order valence-electron chi connectivity index (χ2n) is 5.59. The van der Waals surface area contributed by atoms with Crippen molar-refractivity contribution in [2.45, 2.75) is 6.92 Å². The van der Waals surface area contributed by atoms with Crippen molar-refractivity contribution in [1.29, 1.82) is 0 Å². The SMILES string of the molecule is Cc1cccc(OCC(=O)N=Nc2c(O)n(C)c3ccc(Br)cc23)c1. The van der Waals surface area contributed by atoms with E-state index in [0.29, 0.717) is 11.1 Å². The molecule has 0 aliphatic heterocycles. The Kier molecular flexibility index (Phi) is 4.85. The first-order valence-electron chi connectivity index (χ1n) is 7.56. The van der Waals surface area contributed by atoms with Crippen LogP contribution in [-0.4, -0.2) is 22.2 Å². The van der Waals surface area contributed by atoms with Gasteiger partial charge in [0.05, 0.1) is 5.52 Å². The average molecular weight is 402 g/mol. The summed E-state index contributed by atoms with van der Waals surface area (Å²) in [5.74, 6) is 0.0117. The van der Waals surface area contributed by atoms with Crippen molar-refractivity contribution in [3.63, 3.8) is 0 Å². The summed E-state index contributed by atoms with van der Waals surface area (Å²) >= 11 is 3.39. The summed E-state index contributed by atoms with van der Waals surface area (Å²) in [4.78, 5) is 11.9. The highest BCUT2D eigenvalue weighted by molar-refractivity contribution is 9.10. The number of aromatic hydroxyl groups is 1. The molecule has 0 aliphatic rings. The lowest BCUT2D eigenvalue weighted by molar-refractivity contribution is -0.120. The van der Waals surface area contributed by atoms with Crippen molar-refractivity contribution in [1.82, 2.24) is 4.57 Å². The molecular weight excluding hydrogens is 386 g/mol. The largest absolute Gasteiger partial charge is 0.493 e. The molecule has 0 radical (unpaired) electrons. The number of aromatic nitrogens is 1. The number of carbonyl (C=O) groups is 1. The van der Waals surface area contributed by atoms with Gasteiger partial charge in [-0.15, -0.1) is 10.2 Å². The van der Waals surface area contributed by atoms with Crippen LogP contribution < -0.4 is 4.74 Å². The monoisotopic (exact) mass is 401 g/mol. The third-order valence-corrected chi connectivity index (χ3v) is 4.21. The van der Waals surface area contributed by atoms with Gasteiger partial charge in [-0.05, 0) is 42.8 Å². The molecular formula is C18H16BrN3O3. The van der Waals surface area contributed by atoms with Gasteiger partial charge in [0, 0.05) is 16.9 Å². The quantitative estimate of drug-likeness (QED) is 0.646. The highest BCUT2D eigenvalue weighted by Crippen LogP contribution is 2.39. The van der Waals surface area contributed by atoms with Gasteiger partial charge in [0.25, 0.3) is 0 Å². The Morgan fingerprint density at radius 3 is 2.84 bits per heavy atom. The predicted molar refractivity (Wildman–Crippen MR) is 98.5 cm³/mol. The Bertz CT molecular complexity index is 979. The fourth-order valence-electron chi connectivity index (χ4n) is 2.47. The number of hydrogen-bond donors (Lipinski definition) is 1. The number of carbonyl (C=O) groups excluding carboxylic acids is 1. The molecule has 1 N–H and O–H groups in total. The van der Waals surface area contributed by atoms with Crippen LogP contribution in [0, 0.1) is 6.92 Å². The molecule has 0 saturated heterocycles. The number of hydrogen-bond acceptors (Lipinski definition) is 4. The van der Waals surface area contributed by atoms with Gasteiger partial charge in [-0.1, -0.05) is 28.1 Å². The first kappa shape index (κ1) is 17.2. The molecule has 1 heterocycles. The van der Waals surface area contributed by atoms with Gasteiger partial charge in [-0.25, -0.2) is 0 Å². The van der Waals surface area contributed by atoms with E-state index in [2.05, 4.69) is 26.2 Å². The molecule has 0 fully saturated rings. The minimum atomic E-state index is -0.534. The molecule has 0 saturated carbocycles. The number of azo groups is 1. The summed E-state index contributed by atoms with van der Waals surface area (Å²) in [5.41, 5.74) is 2.08. The number of ether oxygens (including phenoxy) is 1. The van der Waals surface area contributed by atoms with E-state index in [1.165, 1.54) is 0 Å². The third kappa shape index (κ3) is 3.71. The Balaban J connectivity index is 1.77. The number of aryl methyl sites for hydroxylation is 2. The van der Waals surface area contributed by atoms with Gasteiger partial charge in [0.1, 0.15) is 5.75 Å². The predicted octanol–water partition coefficient (Wildman–Crippen LogP) is 4.64. The first-order chi connectivity index (χ1) is 12.0. The van der Waals surface area contributed by atoms with Crippen LogP contribution >= 0.6 is 15.9 Å². The molecule has 25 heavy (non-hydrogen) atoms. The number of fused-ring (bicyclic) bond motifs is 1. The van der Waals surface area contributed by atoms with E-state index in [0.717, 1.165) is 15.6 Å². The van der Waals surface area contributed by atoms with Crippen molar-refractivity contribution in [3.8, 4) is 11.6 Å². The summed E-state index contributed by atoms with van der Waals surface area (Å²) in [7, 11) is 1.72. The summed E-state index contributed by atoms with van der Waals surface area (Å²) in [6.45, 7) is 1.72. The molecule has 0 spiro atoms. The Morgan fingerprint density at radius 1 is 1.28 bits per heavy atom. The van der Waals surface area contributed by atoms with Crippen molar-refractivity contribution in [3.05, 3.63) is 52.5 Å². The maximum Gasteiger partial charge on any atom is 0.302 e. The Labute approximate surface area is 152 Å². The summed E-state index contributed by atoms with van der Waals surface area (Å²) < 4.78 is 7.83. The Morgan fingerprint density at radius 2 is 2.08 bits per heavy atom. The van der Waals surface area contributed by atoms with Crippen LogP contribution in [0.4, 0.5) is 5.69 Å². The van der Waals surface area contributed by atoms with Gasteiger partial charge in [-0.2, -0.15) is 0 Å². The molecule has 3 aromatic rings. The lowest BCUT2D eigenvalue weighted by atomic mass is 10.2. The lowest BCUT2D eigenvalue weighted by Crippen LogP contribution is -2.07. The molecule has 7 heteroatoms. The van der Waals surface area contributed by atoms with E-state index in [1.807, 2.05) is 43.3 Å². The van der Waals surface area contributed by atoms with Crippen LogP contribution in [-0.2, 0) is 11.8 Å². The number of halogens is 1. The van der Waals surface area contributed by atoms with E-state index in [1.54, 1.807) is 17.7 Å². The number of benzene rings is 2. The van der Waals surface area contributed by atoms with Crippen LogP contribution in [0.15, 0.2) is 57.2 Å². The normalized spacial score (nSPS) is 11.3. The fraction of sp³-hybridized carbons (Fsp3) is 0.167. The van der Waals surface area contributed by atoms with E-state index in [9.17, 15) is 9.90 Å². The average Bonchev–Trinajstić information content (AvgIpc) is 2.82. The van der Waals surface area contributed by atoms with E-state index in [4.69, 9.17) is 4.74 Å². The fourth-order valence-corrected chi connectivity index (χ4v) is 2.83. The lowest BCUT2D eigenvalue weighted by Gasteiger charge is -2.03. The highest BCUT2D eigenvalue weighted by Gasteiger charge is 2.15. The van der Waals surface area contributed by atoms with E-state index < -0.39 is 5.91 Å². The standard InChI is InChI=1S/C18H16BrN3O3/c1-11-4-3-5-13(8-11)25-10-16(23)20-21-17-14-9-12(19)6-7-15(14)22(2)18(17)24/h3-9,24H,10H2,1-2H3. The molecule has 1 aromatic heterocycles. The number of amides is 1. The molecule has 0 aliphatic carbocycles. The number of nitrogens with zero attached hydrogens (tertiary/aromatic N) is 3. The second kappa shape index (κ2) is 7.06. The van der Waals surface area contributed by atoms with Gasteiger partial charge in [0.2, 0.25) is 5.88 Å². The van der Waals surface area contributed by atoms with Gasteiger partial charge >= 0.3 is 5.91 Å². The van der Waals surface area contributed by atoms with Crippen molar-refractivity contribution < 1.29 is 14.6 Å². The zero-order valence-electron chi connectivity index (χ0n) is 13.7. The topological polar surface area (TPSA) is 76.2 Å². The molecule has 1 amide bonds. The molecule has 128 valence electrons. The summed E-state index contributed by atoms with van der Waals surface area (Å²) in [6, 6.07) is 12.9. The highest BCUT2D eigenvalue weighted by atomic mass is 79.9. The van der Waals surface area contributed by atoms with Crippen molar-refractivity contribution >= 4 is 38.4 Å². The van der Waals surface area contributed by atoms with Crippen LogP contribution in [0.3, 0.4) is 0 Å². The van der Waals surface area contributed by atoms with Crippen LogP contribution in [0.25, 0.3) is 10.9 Å². The minimum Gasteiger partial charge on any atom is -0.493 e. The molecule has 0 atom stereocenters. The maximum atomic E-state index is 11.9. The Hall–Kier alpha value is -2.67. The number of rotatable bonds is 4. The zero-order valence-corrected chi connectivity index (χ0v) is 15.3. The van der Waals surface area contributed by atoms with Gasteiger partial charge < -0.3 is 14.4 Å². The third-order valence-electron chi connectivity index (χ3n) is 3.72. The minimum absolute atomic E-state index is 0.0516. The molecule has 2 aromatic carbocycles.